The predicted octanol–water partition coefficient (Wildman–Crippen LogP) is 0.148. The van der Waals surface area contributed by atoms with Crippen molar-refractivity contribution in [3.63, 3.8) is 0 Å². The molecule has 0 radical (unpaired) electrons. The van der Waals surface area contributed by atoms with Gasteiger partial charge in [-0.3, -0.25) is 4.99 Å². The van der Waals surface area contributed by atoms with Crippen LogP contribution in [0, 0.1) is 5.92 Å². The maximum atomic E-state index is 8.49. The standard InChI is InChI=1S/C6H11NO2/c1-5(6(8)9)3-4-7-2/h3-6,8-9H,2H2,1H3/b4-3-. The van der Waals surface area contributed by atoms with E-state index in [-0.39, 0.29) is 5.92 Å². The highest BCUT2D eigenvalue weighted by Gasteiger charge is 2.04. The van der Waals surface area contributed by atoms with Gasteiger partial charge < -0.3 is 10.2 Å². The lowest BCUT2D eigenvalue weighted by atomic mass is 10.2. The summed E-state index contributed by atoms with van der Waals surface area (Å²) in [6, 6.07) is 0. The Morgan fingerprint density at radius 3 is 2.44 bits per heavy atom. The highest BCUT2D eigenvalue weighted by Crippen LogP contribution is 2.00. The molecule has 1 atom stereocenters. The van der Waals surface area contributed by atoms with E-state index in [0.29, 0.717) is 0 Å². The Morgan fingerprint density at radius 2 is 2.11 bits per heavy atom. The van der Waals surface area contributed by atoms with E-state index in [0.717, 1.165) is 0 Å². The fourth-order valence-corrected chi connectivity index (χ4v) is 0.296. The third kappa shape index (κ3) is 3.88. The van der Waals surface area contributed by atoms with E-state index in [9.17, 15) is 0 Å². The molecule has 0 fully saturated rings. The first-order valence-corrected chi connectivity index (χ1v) is 2.67. The lowest BCUT2D eigenvalue weighted by molar-refractivity contribution is -0.0652. The monoisotopic (exact) mass is 129 g/mol. The average Bonchev–Trinajstić information content (AvgIpc) is 1.82. The van der Waals surface area contributed by atoms with Crippen LogP contribution in [0.2, 0.25) is 0 Å². The molecule has 2 N–H and O–H groups in total. The van der Waals surface area contributed by atoms with Gasteiger partial charge in [-0.1, -0.05) is 13.0 Å². The molecule has 0 bridgehead atoms. The van der Waals surface area contributed by atoms with Crippen molar-refractivity contribution in [1.82, 2.24) is 0 Å². The van der Waals surface area contributed by atoms with Crippen LogP contribution in [0.1, 0.15) is 6.92 Å². The molecule has 0 heterocycles. The second-order valence-corrected chi connectivity index (χ2v) is 1.80. The van der Waals surface area contributed by atoms with E-state index in [2.05, 4.69) is 11.7 Å². The maximum absolute atomic E-state index is 8.49. The first-order chi connectivity index (χ1) is 4.18. The normalized spacial score (nSPS) is 14.7. The molecule has 0 aromatic carbocycles. The molecule has 0 aliphatic rings. The molecule has 3 heteroatoms. The molecule has 0 spiro atoms. The Labute approximate surface area is 54.4 Å². The zero-order valence-electron chi connectivity index (χ0n) is 5.36. The highest BCUT2D eigenvalue weighted by atomic mass is 16.5. The summed E-state index contributed by atoms with van der Waals surface area (Å²) in [5.41, 5.74) is 0. The van der Waals surface area contributed by atoms with Crippen molar-refractivity contribution in [3.8, 4) is 0 Å². The number of aliphatic hydroxyl groups is 2. The van der Waals surface area contributed by atoms with Crippen molar-refractivity contribution >= 4 is 6.72 Å². The number of hydrogen-bond donors (Lipinski definition) is 2. The molecule has 0 aliphatic heterocycles. The van der Waals surface area contributed by atoms with Crippen molar-refractivity contribution in [2.75, 3.05) is 0 Å². The smallest absolute Gasteiger partial charge is 0.157 e. The van der Waals surface area contributed by atoms with Crippen LogP contribution in [0.5, 0.6) is 0 Å². The second kappa shape index (κ2) is 4.23. The molecule has 0 amide bonds. The molecule has 9 heavy (non-hydrogen) atoms. The summed E-state index contributed by atoms with van der Waals surface area (Å²) >= 11 is 0. The molecule has 1 unspecified atom stereocenters. The summed E-state index contributed by atoms with van der Waals surface area (Å²) in [5, 5.41) is 17.0. The van der Waals surface area contributed by atoms with E-state index >= 15 is 0 Å². The molecular weight excluding hydrogens is 118 g/mol. The molecule has 0 aliphatic carbocycles. The van der Waals surface area contributed by atoms with Gasteiger partial charge in [0.2, 0.25) is 0 Å². The summed E-state index contributed by atoms with van der Waals surface area (Å²) in [4.78, 5) is 3.41. The van der Waals surface area contributed by atoms with E-state index in [1.807, 2.05) is 0 Å². The SMILES string of the molecule is C=N/C=C\C(C)C(O)O. The van der Waals surface area contributed by atoms with Crippen LogP contribution in [-0.2, 0) is 0 Å². The average molecular weight is 129 g/mol. The number of nitrogens with zero attached hydrogens (tertiary/aromatic N) is 1. The number of aliphatic imine (C=N–C) groups is 1. The maximum Gasteiger partial charge on any atom is 0.157 e. The summed E-state index contributed by atoms with van der Waals surface area (Å²) < 4.78 is 0. The van der Waals surface area contributed by atoms with E-state index in [1.165, 1.54) is 6.20 Å². The Bertz CT molecular complexity index is 110. The molecular formula is C6H11NO2. The molecule has 0 aromatic rings. The van der Waals surface area contributed by atoms with E-state index < -0.39 is 6.29 Å². The van der Waals surface area contributed by atoms with Crippen LogP contribution in [0.4, 0.5) is 0 Å². The molecule has 0 saturated heterocycles. The summed E-state index contributed by atoms with van der Waals surface area (Å²) in [6.45, 7) is 4.86. The van der Waals surface area contributed by atoms with Crippen LogP contribution in [0.25, 0.3) is 0 Å². The lowest BCUT2D eigenvalue weighted by Gasteiger charge is -2.05. The van der Waals surface area contributed by atoms with Crippen molar-refractivity contribution in [1.29, 1.82) is 0 Å². The van der Waals surface area contributed by atoms with Gasteiger partial charge in [0.1, 0.15) is 0 Å². The van der Waals surface area contributed by atoms with Crippen LogP contribution in [-0.4, -0.2) is 23.2 Å². The van der Waals surface area contributed by atoms with Crippen LogP contribution < -0.4 is 0 Å². The second-order valence-electron chi connectivity index (χ2n) is 1.80. The predicted molar refractivity (Wildman–Crippen MR) is 36.1 cm³/mol. The van der Waals surface area contributed by atoms with Gasteiger partial charge in [-0.05, 0) is 6.72 Å². The Hall–Kier alpha value is -0.670. The minimum Gasteiger partial charge on any atom is -0.368 e. The number of hydrogen-bond acceptors (Lipinski definition) is 3. The quantitative estimate of drug-likeness (QED) is 0.421. The van der Waals surface area contributed by atoms with Gasteiger partial charge in [0.15, 0.2) is 6.29 Å². The molecule has 0 saturated carbocycles. The van der Waals surface area contributed by atoms with Gasteiger partial charge >= 0.3 is 0 Å². The Balaban J connectivity index is 3.61. The largest absolute Gasteiger partial charge is 0.368 e. The zero-order chi connectivity index (χ0) is 7.28. The van der Waals surface area contributed by atoms with Gasteiger partial charge in [0.05, 0.1) is 0 Å². The minimum absolute atomic E-state index is 0.282. The fraction of sp³-hybridized carbons (Fsp3) is 0.500. The minimum atomic E-state index is -1.30. The van der Waals surface area contributed by atoms with Gasteiger partial charge in [-0.25, -0.2) is 0 Å². The number of rotatable bonds is 3. The van der Waals surface area contributed by atoms with Crippen molar-refractivity contribution in [2.24, 2.45) is 10.9 Å². The third-order valence-electron chi connectivity index (χ3n) is 0.965. The lowest BCUT2D eigenvalue weighted by Crippen LogP contribution is -2.13. The third-order valence-corrected chi connectivity index (χ3v) is 0.965. The summed E-state index contributed by atoms with van der Waals surface area (Å²) in [7, 11) is 0. The van der Waals surface area contributed by atoms with Gasteiger partial charge in [0, 0.05) is 12.1 Å². The van der Waals surface area contributed by atoms with Gasteiger partial charge in [-0.2, -0.15) is 0 Å². The van der Waals surface area contributed by atoms with E-state index in [1.54, 1.807) is 13.0 Å². The highest BCUT2D eigenvalue weighted by molar-refractivity contribution is 5.25. The van der Waals surface area contributed by atoms with Crippen LogP contribution >= 0.6 is 0 Å². The molecule has 0 aromatic heterocycles. The number of aliphatic hydroxyl groups excluding tert-OH is 1. The molecule has 52 valence electrons. The van der Waals surface area contributed by atoms with Crippen molar-refractivity contribution in [2.45, 2.75) is 13.2 Å². The van der Waals surface area contributed by atoms with Gasteiger partial charge in [-0.15, -0.1) is 0 Å². The first-order valence-electron chi connectivity index (χ1n) is 2.67. The Morgan fingerprint density at radius 1 is 1.56 bits per heavy atom. The summed E-state index contributed by atoms with van der Waals surface area (Å²) in [6.07, 6.45) is 1.70. The van der Waals surface area contributed by atoms with Crippen molar-refractivity contribution < 1.29 is 10.2 Å². The zero-order valence-corrected chi connectivity index (χ0v) is 5.36. The molecule has 3 nitrogen and oxygen atoms in total. The van der Waals surface area contributed by atoms with Crippen LogP contribution in [0.3, 0.4) is 0 Å². The Kier molecular flexibility index (Phi) is 3.92. The topological polar surface area (TPSA) is 52.8 Å². The van der Waals surface area contributed by atoms with Gasteiger partial charge in [0.25, 0.3) is 0 Å². The summed E-state index contributed by atoms with van der Waals surface area (Å²) in [5.74, 6) is -0.282. The van der Waals surface area contributed by atoms with E-state index in [4.69, 9.17) is 10.2 Å². The van der Waals surface area contributed by atoms with Crippen LogP contribution in [0.15, 0.2) is 17.3 Å². The fourth-order valence-electron chi connectivity index (χ4n) is 0.296. The first kappa shape index (κ1) is 8.33. The van der Waals surface area contributed by atoms with Crippen molar-refractivity contribution in [3.05, 3.63) is 12.3 Å². The molecule has 0 rings (SSSR count).